The van der Waals surface area contributed by atoms with Crippen LogP contribution in [-0.4, -0.2) is 16.6 Å². The number of aryl methyl sites for hydroxylation is 2. The highest BCUT2D eigenvalue weighted by Crippen LogP contribution is 2.46. The molecule has 2 rings (SSSR count). The van der Waals surface area contributed by atoms with E-state index < -0.39 is 0 Å². The number of ether oxygens (including phenoxy) is 1. The standard InChI is InChI=1S/C17H29N3O/c1-6-21-17(9-7-16(4,5)8-10-17)15-19-12(2)14(11-18)13(3)20-15/h6-11,18H2,1-5H3. The van der Waals surface area contributed by atoms with Crippen molar-refractivity contribution in [3.8, 4) is 0 Å². The third kappa shape index (κ3) is 3.27. The van der Waals surface area contributed by atoms with E-state index in [1.165, 1.54) is 0 Å². The van der Waals surface area contributed by atoms with E-state index in [-0.39, 0.29) is 5.60 Å². The van der Waals surface area contributed by atoms with E-state index in [2.05, 4.69) is 20.8 Å². The number of aromatic nitrogens is 2. The van der Waals surface area contributed by atoms with Gasteiger partial charge in [-0.1, -0.05) is 13.8 Å². The maximum atomic E-state index is 6.18. The van der Waals surface area contributed by atoms with E-state index in [0.717, 1.165) is 48.5 Å². The van der Waals surface area contributed by atoms with Crippen molar-refractivity contribution in [1.29, 1.82) is 0 Å². The van der Waals surface area contributed by atoms with Crippen LogP contribution in [0.3, 0.4) is 0 Å². The number of hydrogen-bond donors (Lipinski definition) is 1. The summed E-state index contributed by atoms with van der Waals surface area (Å²) in [6.07, 6.45) is 4.28. The maximum absolute atomic E-state index is 6.18. The summed E-state index contributed by atoms with van der Waals surface area (Å²) in [5.41, 5.74) is 8.91. The molecule has 0 spiro atoms. The Morgan fingerprint density at radius 1 is 1.05 bits per heavy atom. The van der Waals surface area contributed by atoms with Crippen LogP contribution in [0.5, 0.6) is 0 Å². The van der Waals surface area contributed by atoms with Crippen molar-refractivity contribution in [2.75, 3.05) is 6.61 Å². The van der Waals surface area contributed by atoms with Crippen molar-refractivity contribution < 1.29 is 4.74 Å². The Labute approximate surface area is 128 Å². The van der Waals surface area contributed by atoms with Crippen molar-refractivity contribution in [2.45, 2.75) is 72.4 Å². The van der Waals surface area contributed by atoms with Crippen molar-refractivity contribution in [2.24, 2.45) is 11.1 Å². The summed E-state index contributed by atoms with van der Waals surface area (Å²) >= 11 is 0. The molecule has 0 amide bonds. The van der Waals surface area contributed by atoms with Crippen LogP contribution in [0.25, 0.3) is 0 Å². The molecule has 0 bridgehead atoms. The highest BCUT2D eigenvalue weighted by molar-refractivity contribution is 5.25. The zero-order valence-corrected chi connectivity index (χ0v) is 14.1. The molecule has 118 valence electrons. The Bertz CT molecular complexity index is 478. The SMILES string of the molecule is CCOC1(c2nc(C)c(CN)c(C)n2)CCC(C)(C)CC1. The van der Waals surface area contributed by atoms with Gasteiger partial charge < -0.3 is 10.5 Å². The molecule has 4 heteroatoms. The Hall–Kier alpha value is -1.00. The van der Waals surface area contributed by atoms with Crippen molar-refractivity contribution in [1.82, 2.24) is 9.97 Å². The second-order valence-corrected chi connectivity index (χ2v) is 6.99. The minimum Gasteiger partial charge on any atom is -0.367 e. The molecule has 0 aromatic carbocycles. The topological polar surface area (TPSA) is 61.0 Å². The fourth-order valence-corrected chi connectivity index (χ4v) is 3.28. The lowest BCUT2D eigenvalue weighted by Gasteiger charge is -2.42. The van der Waals surface area contributed by atoms with Crippen molar-refractivity contribution in [3.05, 3.63) is 22.8 Å². The lowest BCUT2D eigenvalue weighted by molar-refractivity contribution is -0.0949. The lowest BCUT2D eigenvalue weighted by Crippen LogP contribution is -2.39. The number of hydrogen-bond acceptors (Lipinski definition) is 4. The average molecular weight is 291 g/mol. The van der Waals surface area contributed by atoms with Crippen LogP contribution >= 0.6 is 0 Å². The molecule has 0 atom stereocenters. The lowest BCUT2D eigenvalue weighted by atomic mass is 9.70. The minimum atomic E-state index is -0.313. The summed E-state index contributed by atoms with van der Waals surface area (Å²) in [5, 5.41) is 0. The maximum Gasteiger partial charge on any atom is 0.160 e. The predicted octanol–water partition coefficient (Wildman–Crippen LogP) is 3.38. The summed E-state index contributed by atoms with van der Waals surface area (Å²) in [6.45, 7) is 11.9. The predicted molar refractivity (Wildman–Crippen MR) is 85.0 cm³/mol. The third-order valence-electron chi connectivity index (χ3n) is 4.86. The van der Waals surface area contributed by atoms with Gasteiger partial charge in [0.15, 0.2) is 5.82 Å². The largest absolute Gasteiger partial charge is 0.367 e. The molecule has 0 unspecified atom stereocenters. The molecular weight excluding hydrogens is 262 g/mol. The number of rotatable bonds is 4. The smallest absolute Gasteiger partial charge is 0.160 e. The average Bonchev–Trinajstić information content (AvgIpc) is 2.41. The molecule has 0 saturated heterocycles. The highest BCUT2D eigenvalue weighted by Gasteiger charge is 2.42. The second-order valence-electron chi connectivity index (χ2n) is 6.99. The Morgan fingerprint density at radius 2 is 1.57 bits per heavy atom. The summed E-state index contributed by atoms with van der Waals surface area (Å²) in [7, 11) is 0. The quantitative estimate of drug-likeness (QED) is 0.923. The van der Waals surface area contributed by atoms with Gasteiger partial charge in [-0.05, 0) is 51.9 Å². The van der Waals surface area contributed by atoms with E-state index in [0.29, 0.717) is 18.6 Å². The molecule has 1 aromatic rings. The van der Waals surface area contributed by atoms with Gasteiger partial charge in [0.1, 0.15) is 5.60 Å². The zero-order chi connectivity index (χ0) is 15.7. The fraction of sp³-hybridized carbons (Fsp3) is 0.765. The minimum absolute atomic E-state index is 0.313. The second kappa shape index (κ2) is 6.01. The number of nitrogens with zero attached hydrogens (tertiary/aromatic N) is 2. The van der Waals surface area contributed by atoms with Crippen LogP contribution in [-0.2, 0) is 16.9 Å². The first-order valence-electron chi connectivity index (χ1n) is 8.02. The molecule has 1 aromatic heterocycles. The zero-order valence-electron chi connectivity index (χ0n) is 14.1. The van der Waals surface area contributed by atoms with Gasteiger partial charge in [-0.15, -0.1) is 0 Å². The van der Waals surface area contributed by atoms with E-state index in [1.54, 1.807) is 0 Å². The van der Waals surface area contributed by atoms with Crippen LogP contribution in [0.15, 0.2) is 0 Å². The Balaban J connectivity index is 2.40. The van der Waals surface area contributed by atoms with Gasteiger partial charge >= 0.3 is 0 Å². The molecule has 1 heterocycles. The van der Waals surface area contributed by atoms with Crippen LogP contribution in [0.4, 0.5) is 0 Å². The molecule has 21 heavy (non-hydrogen) atoms. The molecule has 1 fully saturated rings. The summed E-state index contributed by atoms with van der Waals surface area (Å²) in [6, 6.07) is 0. The third-order valence-corrected chi connectivity index (χ3v) is 4.86. The van der Waals surface area contributed by atoms with Crippen LogP contribution in [0, 0.1) is 19.3 Å². The van der Waals surface area contributed by atoms with Crippen LogP contribution < -0.4 is 5.73 Å². The van der Waals surface area contributed by atoms with E-state index in [4.69, 9.17) is 20.4 Å². The van der Waals surface area contributed by atoms with Crippen LogP contribution in [0.2, 0.25) is 0 Å². The van der Waals surface area contributed by atoms with Gasteiger partial charge in [0, 0.05) is 30.1 Å². The molecule has 1 aliphatic carbocycles. The molecule has 2 N–H and O–H groups in total. The van der Waals surface area contributed by atoms with Crippen molar-refractivity contribution in [3.63, 3.8) is 0 Å². The molecule has 1 saturated carbocycles. The normalized spacial score (nSPS) is 20.5. The monoisotopic (exact) mass is 291 g/mol. The molecule has 0 aliphatic heterocycles. The van der Waals surface area contributed by atoms with Gasteiger partial charge in [-0.3, -0.25) is 0 Å². The van der Waals surface area contributed by atoms with Gasteiger partial charge in [0.2, 0.25) is 0 Å². The van der Waals surface area contributed by atoms with Gasteiger partial charge in [-0.2, -0.15) is 0 Å². The molecule has 0 radical (unpaired) electrons. The summed E-state index contributed by atoms with van der Waals surface area (Å²) in [5.74, 6) is 0.854. The Morgan fingerprint density at radius 3 is 2.00 bits per heavy atom. The van der Waals surface area contributed by atoms with Crippen molar-refractivity contribution >= 4 is 0 Å². The first kappa shape index (κ1) is 16.4. The van der Waals surface area contributed by atoms with Gasteiger partial charge in [-0.25, -0.2) is 9.97 Å². The van der Waals surface area contributed by atoms with Gasteiger partial charge in [0.25, 0.3) is 0 Å². The number of nitrogens with two attached hydrogens (primary N) is 1. The fourth-order valence-electron chi connectivity index (χ4n) is 3.28. The van der Waals surface area contributed by atoms with E-state index >= 15 is 0 Å². The molecule has 4 nitrogen and oxygen atoms in total. The molecular formula is C17H29N3O. The van der Waals surface area contributed by atoms with Gasteiger partial charge in [0.05, 0.1) is 0 Å². The van der Waals surface area contributed by atoms with Crippen LogP contribution in [0.1, 0.15) is 69.2 Å². The van der Waals surface area contributed by atoms with E-state index in [1.807, 2.05) is 13.8 Å². The summed E-state index contributed by atoms with van der Waals surface area (Å²) < 4.78 is 6.18. The summed E-state index contributed by atoms with van der Waals surface area (Å²) in [4.78, 5) is 9.50. The Kier molecular flexibility index (Phi) is 4.69. The highest BCUT2D eigenvalue weighted by atomic mass is 16.5. The first-order chi connectivity index (χ1) is 9.83. The molecule has 1 aliphatic rings. The van der Waals surface area contributed by atoms with E-state index in [9.17, 15) is 0 Å². The first-order valence-corrected chi connectivity index (χ1v) is 8.02.